The molecule has 0 radical (unpaired) electrons. The molecule has 3 rings (SSSR count). The largest absolute Gasteiger partial charge is 0.493 e. The molecule has 0 amide bonds. The minimum Gasteiger partial charge on any atom is -0.493 e. The molecule has 0 unspecified atom stereocenters. The third-order valence-electron chi connectivity index (χ3n) is 3.63. The van der Waals surface area contributed by atoms with Gasteiger partial charge in [-0.1, -0.05) is 28.9 Å². The van der Waals surface area contributed by atoms with Crippen molar-refractivity contribution in [2.45, 2.75) is 11.4 Å². The lowest BCUT2D eigenvalue weighted by atomic mass is 10.2. The second kappa shape index (κ2) is 7.95. The van der Waals surface area contributed by atoms with Crippen LogP contribution in [0.2, 0.25) is 5.02 Å². The molecule has 0 atom stereocenters. The number of sulfonamides is 1. The molecule has 8 nitrogen and oxygen atoms in total. The predicted molar refractivity (Wildman–Crippen MR) is 98.3 cm³/mol. The van der Waals surface area contributed by atoms with E-state index in [0.717, 1.165) is 0 Å². The Bertz CT molecular complexity index is 1050. The molecule has 0 bridgehead atoms. The Morgan fingerprint density at radius 1 is 1.11 bits per heavy atom. The van der Waals surface area contributed by atoms with Crippen LogP contribution in [0.3, 0.4) is 0 Å². The zero-order valence-corrected chi connectivity index (χ0v) is 16.0. The van der Waals surface area contributed by atoms with Crippen molar-refractivity contribution in [3.8, 4) is 22.9 Å². The number of nitrogens with one attached hydrogen (secondary N) is 1. The van der Waals surface area contributed by atoms with E-state index in [1.54, 1.807) is 24.3 Å². The van der Waals surface area contributed by atoms with Gasteiger partial charge in [0.2, 0.25) is 21.7 Å². The monoisotopic (exact) mass is 409 g/mol. The van der Waals surface area contributed by atoms with Crippen LogP contribution in [0.5, 0.6) is 11.5 Å². The number of hydrogen-bond acceptors (Lipinski definition) is 7. The maximum absolute atomic E-state index is 12.5. The van der Waals surface area contributed by atoms with Gasteiger partial charge in [-0.25, -0.2) is 13.1 Å². The molecule has 1 aromatic heterocycles. The lowest BCUT2D eigenvalue weighted by Crippen LogP contribution is -2.23. The first-order valence-electron chi connectivity index (χ1n) is 7.73. The summed E-state index contributed by atoms with van der Waals surface area (Å²) >= 11 is 5.94. The zero-order valence-electron chi connectivity index (χ0n) is 14.5. The maximum Gasteiger partial charge on any atom is 0.242 e. The lowest BCUT2D eigenvalue weighted by molar-refractivity contribution is 0.353. The van der Waals surface area contributed by atoms with Crippen molar-refractivity contribution in [2.24, 2.45) is 0 Å². The summed E-state index contributed by atoms with van der Waals surface area (Å²) in [7, 11) is -0.915. The van der Waals surface area contributed by atoms with Crippen LogP contribution < -0.4 is 14.2 Å². The highest BCUT2D eigenvalue weighted by atomic mass is 35.5. The Morgan fingerprint density at radius 2 is 1.89 bits per heavy atom. The summed E-state index contributed by atoms with van der Waals surface area (Å²) in [4.78, 5) is 4.19. The second-order valence-electron chi connectivity index (χ2n) is 5.36. The Kier molecular flexibility index (Phi) is 5.64. The number of methoxy groups -OCH3 is 2. The highest BCUT2D eigenvalue weighted by Crippen LogP contribution is 2.29. The van der Waals surface area contributed by atoms with Gasteiger partial charge < -0.3 is 14.0 Å². The molecule has 1 heterocycles. The van der Waals surface area contributed by atoms with Crippen LogP contribution in [0.1, 0.15) is 5.89 Å². The van der Waals surface area contributed by atoms with Gasteiger partial charge in [0.1, 0.15) is 0 Å². The third-order valence-corrected chi connectivity index (χ3v) is 5.26. The molecule has 142 valence electrons. The summed E-state index contributed by atoms with van der Waals surface area (Å²) in [5, 5.41) is 4.37. The summed E-state index contributed by atoms with van der Waals surface area (Å²) < 4.78 is 42.7. The number of rotatable bonds is 7. The molecular formula is C17H16ClN3O5S. The number of halogens is 1. The van der Waals surface area contributed by atoms with E-state index in [2.05, 4.69) is 14.9 Å². The molecule has 0 fully saturated rings. The fraction of sp³-hybridized carbons (Fsp3) is 0.176. The van der Waals surface area contributed by atoms with Gasteiger partial charge in [0, 0.05) is 16.7 Å². The first-order chi connectivity index (χ1) is 12.9. The average Bonchev–Trinajstić information content (AvgIpc) is 3.15. The van der Waals surface area contributed by atoms with E-state index in [1.165, 1.54) is 32.4 Å². The lowest BCUT2D eigenvalue weighted by Gasteiger charge is -2.10. The van der Waals surface area contributed by atoms with E-state index in [-0.39, 0.29) is 17.3 Å². The van der Waals surface area contributed by atoms with Gasteiger partial charge >= 0.3 is 0 Å². The molecule has 0 aliphatic heterocycles. The van der Waals surface area contributed by atoms with Gasteiger partial charge in [0.15, 0.2) is 11.5 Å². The average molecular weight is 410 g/mol. The molecule has 0 saturated heterocycles. The number of ether oxygens (including phenoxy) is 2. The van der Waals surface area contributed by atoms with Crippen LogP contribution in [-0.4, -0.2) is 32.8 Å². The first kappa shape index (κ1) is 19.2. The van der Waals surface area contributed by atoms with Gasteiger partial charge in [-0.2, -0.15) is 4.98 Å². The Morgan fingerprint density at radius 3 is 2.59 bits per heavy atom. The molecule has 1 N–H and O–H groups in total. The Balaban J connectivity index is 1.74. The number of aromatic nitrogens is 2. The quantitative estimate of drug-likeness (QED) is 0.639. The van der Waals surface area contributed by atoms with Gasteiger partial charge in [0.25, 0.3) is 0 Å². The first-order valence-corrected chi connectivity index (χ1v) is 9.59. The second-order valence-corrected chi connectivity index (χ2v) is 7.57. The van der Waals surface area contributed by atoms with Gasteiger partial charge in [-0.05, 0) is 24.3 Å². The summed E-state index contributed by atoms with van der Waals surface area (Å²) in [6.45, 7) is -0.162. The zero-order chi connectivity index (χ0) is 19.4. The smallest absolute Gasteiger partial charge is 0.242 e. The third kappa shape index (κ3) is 4.38. The van der Waals surface area contributed by atoms with Gasteiger partial charge in [-0.3, -0.25) is 0 Å². The van der Waals surface area contributed by atoms with Crippen molar-refractivity contribution >= 4 is 21.6 Å². The molecule has 0 spiro atoms. The van der Waals surface area contributed by atoms with Gasteiger partial charge in [0.05, 0.1) is 25.7 Å². The van der Waals surface area contributed by atoms with Crippen LogP contribution in [0.15, 0.2) is 51.9 Å². The van der Waals surface area contributed by atoms with Crippen LogP contribution in [0.25, 0.3) is 11.4 Å². The summed E-state index contributed by atoms with van der Waals surface area (Å²) in [5.74, 6) is 1.17. The summed E-state index contributed by atoms with van der Waals surface area (Å²) in [6.07, 6.45) is 0. The topological polar surface area (TPSA) is 104 Å². The number of benzene rings is 2. The normalized spacial score (nSPS) is 11.4. The van der Waals surface area contributed by atoms with Crippen LogP contribution >= 0.6 is 11.6 Å². The molecule has 0 aliphatic carbocycles. The Hall–Kier alpha value is -2.62. The Labute approximate surface area is 161 Å². The minimum atomic E-state index is -3.81. The van der Waals surface area contributed by atoms with E-state index in [0.29, 0.717) is 27.9 Å². The van der Waals surface area contributed by atoms with Gasteiger partial charge in [-0.15, -0.1) is 0 Å². The summed E-state index contributed by atoms with van der Waals surface area (Å²) in [6, 6.07) is 11.2. The van der Waals surface area contributed by atoms with Crippen molar-refractivity contribution in [1.29, 1.82) is 0 Å². The standard InChI is InChI=1S/C17H16ClN3O5S/c1-24-14-7-6-13(9-15(14)25-2)27(22,23)19-10-16-20-17(21-26-16)11-4-3-5-12(18)8-11/h3-9,19H,10H2,1-2H3. The van der Waals surface area contributed by atoms with Crippen molar-refractivity contribution in [1.82, 2.24) is 14.9 Å². The minimum absolute atomic E-state index is 0.0229. The van der Waals surface area contributed by atoms with Crippen LogP contribution in [0, 0.1) is 0 Å². The SMILES string of the molecule is COc1ccc(S(=O)(=O)NCc2nc(-c3cccc(Cl)c3)no2)cc1OC. The number of nitrogens with zero attached hydrogens (tertiary/aromatic N) is 2. The maximum atomic E-state index is 12.5. The molecule has 10 heteroatoms. The molecule has 2 aromatic carbocycles. The fourth-order valence-corrected chi connectivity index (χ4v) is 3.48. The molecule has 0 aliphatic rings. The van der Waals surface area contributed by atoms with E-state index in [1.807, 2.05) is 0 Å². The van der Waals surface area contributed by atoms with E-state index in [9.17, 15) is 8.42 Å². The highest BCUT2D eigenvalue weighted by molar-refractivity contribution is 7.89. The van der Waals surface area contributed by atoms with E-state index >= 15 is 0 Å². The predicted octanol–water partition coefficient (Wildman–Crippen LogP) is 2.89. The molecule has 3 aromatic rings. The highest BCUT2D eigenvalue weighted by Gasteiger charge is 2.18. The number of hydrogen-bond donors (Lipinski definition) is 1. The van der Waals surface area contributed by atoms with Crippen molar-refractivity contribution < 1.29 is 22.4 Å². The fourth-order valence-electron chi connectivity index (χ4n) is 2.30. The van der Waals surface area contributed by atoms with Crippen molar-refractivity contribution in [3.05, 3.63) is 53.4 Å². The molecular weight excluding hydrogens is 394 g/mol. The molecule has 27 heavy (non-hydrogen) atoms. The van der Waals surface area contributed by atoms with Crippen LogP contribution in [0.4, 0.5) is 0 Å². The van der Waals surface area contributed by atoms with E-state index < -0.39 is 10.0 Å². The van der Waals surface area contributed by atoms with Crippen molar-refractivity contribution in [2.75, 3.05) is 14.2 Å². The van der Waals surface area contributed by atoms with Crippen molar-refractivity contribution in [3.63, 3.8) is 0 Å². The summed E-state index contributed by atoms with van der Waals surface area (Å²) in [5.41, 5.74) is 0.667. The van der Waals surface area contributed by atoms with Crippen LogP contribution in [-0.2, 0) is 16.6 Å². The van der Waals surface area contributed by atoms with E-state index in [4.69, 9.17) is 25.6 Å². The molecule has 0 saturated carbocycles.